The molecule has 16 heavy (non-hydrogen) atoms. The summed E-state index contributed by atoms with van der Waals surface area (Å²) in [4.78, 5) is 11.1. The molecule has 3 aliphatic rings. The molecule has 2 saturated heterocycles. The first-order chi connectivity index (χ1) is 7.55. The van der Waals surface area contributed by atoms with Gasteiger partial charge in [-0.1, -0.05) is 12.2 Å². The Bertz CT molecular complexity index is 348. The Morgan fingerprint density at radius 3 is 2.88 bits per heavy atom. The fourth-order valence-corrected chi connectivity index (χ4v) is 2.43. The fourth-order valence-electron chi connectivity index (χ4n) is 2.43. The highest BCUT2D eigenvalue weighted by Gasteiger charge is 2.52. The summed E-state index contributed by atoms with van der Waals surface area (Å²) in [6.07, 6.45) is 2.88. The van der Waals surface area contributed by atoms with Crippen LogP contribution in [-0.4, -0.2) is 36.4 Å². The van der Waals surface area contributed by atoms with E-state index in [2.05, 4.69) is 0 Å². The summed E-state index contributed by atoms with van der Waals surface area (Å²) in [5.41, 5.74) is 0. The minimum absolute atomic E-state index is 0.167. The first-order valence-electron chi connectivity index (χ1n) is 5.45. The smallest absolute Gasteiger partial charge is 0.427 e. The van der Waals surface area contributed by atoms with E-state index in [0.29, 0.717) is 6.42 Å². The molecule has 5 heteroatoms. The van der Waals surface area contributed by atoms with Crippen molar-refractivity contribution in [3.05, 3.63) is 12.2 Å². The molecule has 2 fully saturated rings. The predicted molar refractivity (Wildman–Crippen MR) is 52.7 cm³/mol. The topological polar surface area (TPSA) is 54.0 Å². The molecular weight excluding hydrogens is 212 g/mol. The summed E-state index contributed by atoms with van der Waals surface area (Å²) in [5, 5.41) is 0. The van der Waals surface area contributed by atoms with Gasteiger partial charge >= 0.3 is 6.16 Å². The van der Waals surface area contributed by atoms with Crippen molar-refractivity contribution in [3.8, 4) is 0 Å². The molecule has 0 saturated carbocycles. The van der Waals surface area contributed by atoms with E-state index in [1.807, 2.05) is 26.0 Å². The molecule has 0 N–H and O–H groups in total. The van der Waals surface area contributed by atoms with Crippen molar-refractivity contribution in [2.45, 2.75) is 50.5 Å². The van der Waals surface area contributed by atoms with Gasteiger partial charge in [0.25, 0.3) is 0 Å². The first-order valence-corrected chi connectivity index (χ1v) is 5.45. The number of rotatable bonds is 0. The minimum atomic E-state index is -0.642. The number of carbonyl (C=O) groups excluding carboxylic acids is 1. The van der Waals surface area contributed by atoms with Gasteiger partial charge in [0.05, 0.1) is 0 Å². The summed E-state index contributed by atoms with van der Waals surface area (Å²) in [6.45, 7) is 3.70. The molecule has 3 rings (SSSR count). The summed E-state index contributed by atoms with van der Waals surface area (Å²) in [5.74, 6) is -0.642. The van der Waals surface area contributed by atoms with Crippen molar-refractivity contribution >= 4 is 6.16 Å². The van der Waals surface area contributed by atoms with Crippen LogP contribution in [0.25, 0.3) is 0 Å². The Balaban J connectivity index is 1.88. The van der Waals surface area contributed by atoms with Crippen LogP contribution in [0.4, 0.5) is 4.79 Å². The zero-order valence-electron chi connectivity index (χ0n) is 9.21. The summed E-state index contributed by atoms with van der Waals surface area (Å²) in [7, 11) is 0. The molecule has 0 bridgehead atoms. The lowest BCUT2D eigenvalue weighted by atomic mass is 10.1. The monoisotopic (exact) mass is 226 g/mol. The molecular formula is C11H14O5. The summed E-state index contributed by atoms with van der Waals surface area (Å²) < 4.78 is 21.7. The number of hydrogen-bond donors (Lipinski definition) is 0. The zero-order valence-corrected chi connectivity index (χ0v) is 9.21. The average molecular weight is 226 g/mol. The van der Waals surface area contributed by atoms with E-state index in [-0.39, 0.29) is 24.4 Å². The van der Waals surface area contributed by atoms with Gasteiger partial charge in [-0.2, -0.15) is 0 Å². The van der Waals surface area contributed by atoms with Crippen LogP contribution in [0.15, 0.2) is 12.2 Å². The van der Waals surface area contributed by atoms with Gasteiger partial charge in [0, 0.05) is 6.42 Å². The molecule has 0 amide bonds. The molecule has 5 nitrogen and oxygen atoms in total. The van der Waals surface area contributed by atoms with Gasteiger partial charge in [-0.25, -0.2) is 4.79 Å². The first kappa shape index (κ1) is 10.1. The van der Waals surface area contributed by atoms with Crippen LogP contribution in [0.3, 0.4) is 0 Å². The van der Waals surface area contributed by atoms with E-state index in [1.165, 1.54) is 0 Å². The van der Waals surface area contributed by atoms with Gasteiger partial charge in [0.2, 0.25) is 0 Å². The highest BCUT2D eigenvalue weighted by molar-refractivity contribution is 5.62. The highest BCUT2D eigenvalue weighted by Crippen LogP contribution is 2.37. The maximum atomic E-state index is 11.1. The van der Waals surface area contributed by atoms with E-state index in [1.54, 1.807) is 0 Å². The van der Waals surface area contributed by atoms with Gasteiger partial charge < -0.3 is 18.9 Å². The second-order valence-electron chi connectivity index (χ2n) is 4.72. The Labute approximate surface area is 93.3 Å². The number of hydrogen-bond acceptors (Lipinski definition) is 5. The molecule has 2 aliphatic heterocycles. The molecule has 88 valence electrons. The number of ether oxygens (including phenoxy) is 4. The summed E-state index contributed by atoms with van der Waals surface area (Å²) >= 11 is 0. The molecule has 0 unspecified atom stereocenters. The maximum Gasteiger partial charge on any atom is 0.509 e. The normalized spacial score (nSPS) is 44.2. The van der Waals surface area contributed by atoms with Crippen molar-refractivity contribution in [1.82, 2.24) is 0 Å². The van der Waals surface area contributed by atoms with Crippen LogP contribution in [0.2, 0.25) is 0 Å². The molecule has 0 radical (unpaired) electrons. The molecule has 0 spiro atoms. The lowest BCUT2D eigenvalue weighted by Crippen LogP contribution is -2.39. The van der Waals surface area contributed by atoms with Crippen LogP contribution in [0, 0.1) is 0 Å². The van der Waals surface area contributed by atoms with Gasteiger partial charge in [0.15, 0.2) is 11.9 Å². The van der Waals surface area contributed by atoms with Gasteiger partial charge in [-0.05, 0) is 13.8 Å². The Morgan fingerprint density at radius 1 is 1.25 bits per heavy atom. The standard InChI is InChI=1S/C11H14O5/c1-11(2)15-7-5-3-4-6-8(9(7)16-11)14-10(12)13-6/h3,5-9H,4H2,1-2H3/t6-,7-,8-,9-/m0/s1. The van der Waals surface area contributed by atoms with Crippen molar-refractivity contribution in [2.24, 2.45) is 0 Å². The van der Waals surface area contributed by atoms with Gasteiger partial charge in [-0.15, -0.1) is 0 Å². The predicted octanol–water partition coefficient (Wildman–Crippen LogP) is 1.37. The highest BCUT2D eigenvalue weighted by atomic mass is 16.8. The second kappa shape index (κ2) is 3.21. The third-order valence-electron chi connectivity index (χ3n) is 3.03. The molecule has 4 atom stereocenters. The van der Waals surface area contributed by atoms with Crippen LogP contribution < -0.4 is 0 Å². The van der Waals surface area contributed by atoms with Gasteiger partial charge in [0.1, 0.15) is 18.3 Å². The summed E-state index contributed by atoms with van der Waals surface area (Å²) in [6, 6.07) is 0. The van der Waals surface area contributed by atoms with Crippen LogP contribution in [0.5, 0.6) is 0 Å². The van der Waals surface area contributed by atoms with Crippen molar-refractivity contribution in [3.63, 3.8) is 0 Å². The third-order valence-corrected chi connectivity index (χ3v) is 3.03. The van der Waals surface area contributed by atoms with E-state index in [0.717, 1.165) is 0 Å². The third kappa shape index (κ3) is 1.51. The number of carbonyl (C=O) groups is 1. The van der Waals surface area contributed by atoms with Crippen LogP contribution in [-0.2, 0) is 18.9 Å². The largest absolute Gasteiger partial charge is 0.509 e. The van der Waals surface area contributed by atoms with Crippen LogP contribution in [0.1, 0.15) is 20.3 Å². The van der Waals surface area contributed by atoms with Crippen molar-refractivity contribution in [2.75, 3.05) is 0 Å². The molecule has 1 aliphatic carbocycles. The zero-order chi connectivity index (χ0) is 11.3. The fraction of sp³-hybridized carbons (Fsp3) is 0.727. The van der Waals surface area contributed by atoms with E-state index < -0.39 is 11.9 Å². The maximum absolute atomic E-state index is 11.1. The van der Waals surface area contributed by atoms with Crippen molar-refractivity contribution < 1.29 is 23.7 Å². The lowest BCUT2D eigenvalue weighted by molar-refractivity contribution is -0.153. The average Bonchev–Trinajstić information content (AvgIpc) is 2.64. The van der Waals surface area contributed by atoms with Crippen molar-refractivity contribution in [1.29, 1.82) is 0 Å². The SMILES string of the molecule is CC1(C)O[C@@H]2[C@H]3OC(=O)O[C@H]3CC=C[C@@H]2O1. The van der Waals surface area contributed by atoms with Gasteiger partial charge in [-0.3, -0.25) is 0 Å². The number of fused-ring (bicyclic) bond motifs is 3. The molecule has 0 aromatic heterocycles. The Hall–Kier alpha value is -1.07. The Kier molecular flexibility index (Phi) is 2.03. The minimum Gasteiger partial charge on any atom is -0.427 e. The quantitative estimate of drug-likeness (QED) is 0.461. The second-order valence-corrected chi connectivity index (χ2v) is 4.72. The van der Waals surface area contributed by atoms with E-state index >= 15 is 0 Å². The lowest BCUT2D eigenvalue weighted by Gasteiger charge is -2.21. The van der Waals surface area contributed by atoms with E-state index in [4.69, 9.17) is 18.9 Å². The Morgan fingerprint density at radius 2 is 2.06 bits per heavy atom. The molecule has 2 heterocycles. The molecule has 0 aromatic carbocycles. The van der Waals surface area contributed by atoms with E-state index in [9.17, 15) is 4.79 Å². The van der Waals surface area contributed by atoms with Crippen LogP contribution >= 0.6 is 0 Å². The molecule has 0 aromatic rings.